The summed E-state index contributed by atoms with van der Waals surface area (Å²) in [5.41, 5.74) is 1.29. The molecule has 0 aliphatic carbocycles. The Bertz CT molecular complexity index is 311. The second kappa shape index (κ2) is 4.73. The van der Waals surface area contributed by atoms with Gasteiger partial charge in [0.1, 0.15) is 0 Å². The van der Waals surface area contributed by atoms with Crippen LogP contribution in [0.25, 0.3) is 0 Å². The third kappa shape index (κ3) is 2.78. The first-order valence-electron chi connectivity index (χ1n) is 4.55. The highest BCUT2D eigenvalue weighted by Gasteiger charge is 2.25. The minimum Gasteiger partial charge on any atom is -0.343 e. The third-order valence-corrected chi connectivity index (χ3v) is 6.75. The quantitative estimate of drug-likeness (QED) is 0.601. The highest BCUT2D eigenvalue weighted by molar-refractivity contribution is 9.10. The van der Waals surface area contributed by atoms with Gasteiger partial charge in [0, 0.05) is 10.7 Å². The van der Waals surface area contributed by atoms with Crippen molar-refractivity contribution in [2.75, 3.05) is 10.2 Å². The van der Waals surface area contributed by atoms with Crippen molar-refractivity contribution in [1.29, 1.82) is 0 Å². The summed E-state index contributed by atoms with van der Waals surface area (Å²) in [5, 5.41) is 0. The van der Waals surface area contributed by atoms with Crippen LogP contribution in [-0.4, -0.2) is 14.5 Å². The minimum atomic E-state index is -1.29. The van der Waals surface area contributed by atoms with Gasteiger partial charge in [0.25, 0.3) is 0 Å². The van der Waals surface area contributed by atoms with E-state index in [2.05, 4.69) is 70.1 Å². The number of rotatable bonds is 3. The van der Waals surface area contributed by atoms with E-state index >= 15 is 0 Å². The maximum atomic E-state index is 3.60. The summed E-state index contributed by atoms with van der Waals surface area (Å²) in [7, 11) is -1.29. The van der Waals surface area contributed by atoms with Crippen LogP contribution < -0.4 is 3.97 Å². The van der Waals surface area contributed by atoms with Gasteiger partial charge in [0.15, 0.2) is 8.24 Å². The first-order valence-corrected chi connectivity index (χ1v) is 9.98. The van der Waals surface area contributed by atoms with Crippen molar-refractivity contribution in [3.63, 3.8) is 0 Å². The molecule has 78 valence electrons. The van der Waals surface area contributed by atoms with Crippen molar-refractivity contribution in [3.05, 3.63) is 28.7 Å². The third-order valence-electron chi connectivity index (χ3n) is 1.86. The molecule has 1 aromatic rings. The lowest BCUT2D eigenvalue weighted by Gasteiger charge is -2.34. The molecule has 0 atom stereocenters. The number of benzene rings is 1. The van der Waals surface area contributed by atoms with E-state index in [0.717, 1.165) is 0 Å². The molecule has 1 nitrogen and oxygen atoms in total. The number of halogens is 1. The predicted octanol–water partition coefficient (Wildman–Crippen LogP) is 4.37. The van der Waals surface area contributed by atoms with Crippen molar-refractivity contribution >= 4 is 41.8 Å². The van der Waals surface area contributed by atoms with Crippen molar-refractivity contribution in [2.24, 2.45) is 0 Å². The van der Waals surface area contributed by atoms with Crippen LogP contribution in [0.15, 0.2) is 28.7 Å². The Kier molecular flexibility index (Phi) is 4.10. The van der Waals surface area contributed by atoms with Crippen LogP contribution in [0.1, 0.15) is 0 Å². The summed E-state index contributed by atoms with van der Waals surface area (Å²) >= 11 is 5.41. The van der Waals surface area contributed by atoms with Gasteiger partial charge in [-0.3, -0.25) is 0 Å². The lowest BCUT2D eigenvalue weighted by atomic mass is 10.3. The van der Waals surface area contributed by atoms with Gasteiger partial charge in [0.05, 0.1) is 5.69 Å². The van der Waals surface area contributed by atoms with Gasteiger partial charge in [-0.2, -0.15) is 0 Å². The second-order valence-electron chi connectivity index (χ2n) is 4.10. The zero-order valence-electron chi connectivity index (χ0n) is 9.04. The molecule has 0 fully saturated rings. The highest BCUT2D eigenvalue weighted by atomic mass is 79.9. The molecule has 0 saturated heterocycles. The molecule has 1 aromatic carbocycles. The van der Waals surface area contributed by atoms with Crippen molar-refractivity contribution in [2.45, 2.75) is 19.6 Å². The first-order chi connectivity index (χ1) is 6.46. The molecule has 0 amide bonds. The maximum Gasteiger partial charge on any atom is 0.160 e. The van der Waals surface area contributed by atoms with Crippen molar-refractivity contribution in [3.8, 4) is 0 Å². The molecule has 0 N–H and O–H groups in total. The zero-order valence-corrected chi connectivity index (χ0v) is 12.4. The molecule has 0 spiro atoms. The van der Waals surface area contributed by atoms with Gasteiger partial charge < -0.3 is 3.97 Å². The average Bonchev–Trinajstić information content (AvgIpc) is 2.07. The fraction of sp³-hybridized carbons (Fsp3) is 0.400. The number of hydrogen-bond acceptors (Lipinski definition) is 2. The molecule has 0 aliphatic heterocycles. The molecule has 0 radical (unpaired) electrons. The Labute approximate surface area is 100 Å². The van der Waals surface area contributed by atoms with Crippen LogP contribution in [0.5, 0.6) is 0 Å². The van der Waals surface area contributed by atoms with E-state index in [9.17, 15) is 0 Å². The van der Waals surface area contributed by atoms with Gasteiger partial charge in [-0.15, -0.1) is 0 Å². The molecule has 4 heteroatoms. The molecular formula is C10H16BrNSSi. The van der Waals surface area contributed by atoms with Crippen LogP contribution in [-0.2, 0) is 0 Å². The summed E-state index contributed by atoms with van der Waals surface area (Å²) in [4.78, 5) is 0. The van der Waals surface area contributed by atoms with E-state index in [0.29, 0.717) is 0 Å². The normalized spacial score (nSPS) is 11.5. The molecule has 0 heterocycles. The number of para-hydroxylation sites is 1. The fourth-order valence-corrected chi connectivity index (χ4v) is 5.56. The van der Waals surface area contributed by atoms with Gasteiger partial charge >= 0.3 is 0 Å². The van der Waals surface area contributed by atoms with Crippen LogP contribution in [0.3, 0.4) is 0 Å². The summed E-state index contributed by atoms with van der Waals surface area (Å²) in [6.07, 6.45) is 2.14. The van der Waals surface area contributed by atoms with E-state index < -0.39 is 8.24 Å². The van der Waals surface area contributed by atoms with Gasteiger partial charge in [0.2, 0.25) is 0 Å². The molecule has 0 aromatic heterocycles. The van der Waals surface area contributed by atoms with Gasteiger partial charge in [-0.05, 0) is 28.1 Å². The molecule has 14 heavy (non-hydrogen) atoms. The summed E-state index contributed by atoms with van der Waals surface area (Å²) in [6, 6.07) is 8.40. The largest absolute Gasteiger partial charge is 0.343 e. The van der Waals surface area contributed by atoms with Crippen LogP contribution in [0.2, 0.25) is 19.6 Å². The molecule has 0 unspecified atom stereocenters. The Balaban J connectivity index is 3.08. The molecular weight excluding hydrogens is 274 g/mol. The number of anilines is 1. The van der Waals surface area contributed by atoms with Crippen LogP contribution >= 0.6 is 27.9 Å². The number of nitrogens with zero attached hydrogens (tertiary/aromatic N) is 1. The van der Waals surface area contributed by atoms with Crippen molar-refractivity contribution in [1.82, 2.24) is 0 Å². The second-order valence-corrected chi connectivity index (χ2v) is 10.8. The van der Waals surface area contributed by atoms with Crippen LogP contribution in [0, 0.1) is 0 Å². The van der Waals surface area contributed by atoms with E-state index in [1.165, 1.54) is 10.2 Å². The minimum absolute atomic E-state index is 1.18. The lowest BCUT2D eigenvalue weighted by Crippen LogP contribution is -2.41. The monoisotopic (exact) mass is 289 g/mol. The van der Waals surface area contributed by atoms with E-state index in [1.54, 1.807) is 0 Å². The van der Waals surface area contributed by atoms with Crippen molar-refractivity contribution < 1.29 is 0 Å². The Morgan fingerprint density at radius 3 is 2.21 bits per heavy atom. The van der Waals surface area contributed by atoms with Gasteiger partial charge in [-0.1, -0.05) is 43.7 Å². The number of hydrogen-bond donors (Lipinski definition) is 0. The maximum absolute atomic E-state index is 3.60. The Morgan fingerprint density at radius 1 is 1.21 bits per heavy atom. The van der Waals surface area contributed by atoms with Gasteiger partial charge in [-0.25, -0.2) is 0 Å². The SMILES string of the molecule is CSN(c1ccccc1Br)[Si](C)(C)C. The Hall–Kier alpha value is 0.0669. The van der Waals surface area contributed by atoms with E-state index in [-0.39, 0.29) is 0 Å². The first kappa shape index (κ1) is 12.1. The molecule has 0 saturated carbocycles. The average molecular weight is 290 g/mol. The summed E-state index contributed by atoms with van der Waals surface area (Å²) < 4.78 is 3.62. The smallest absolute Gasteiger partial charge is 0.160 e. The fourth-order valence-electron chi connectivity index (χ4n) is 1.35. The zero-order chi connectivity index (χ0) is 10.8. The summed E-state index contributed by atoms with van der Waals surface area (Å²) in [6.45, 7) is 7.05. The molecule has 1 rings (SSSR count). The lowest BCUT2D eigenvalue weighted by molar-refractivity contribution is 1.45. The molecule has 0 bridgehead atoms. The predicted molar refractivity (Wildman–Crippen MR) is 73.5 cm³/mol. The standard InChI is InChI=1S/C10H16BrNSSi/c1-13-12(14(2,3)4)10-8-6-5-7-9(10)11/h5-8H,1-4H3. The highest BCUT2D eigenvalue weighted by Crippen LogP contribution is 2.33. The Morgan fingerprint density at radius 2 is 1.79 bits per heavy atom. The van der Waals surface area contributed by atoms with Crippen LogP contribution in [0.4, 0.5) is 5.69 Å². The topological polar surface area (TPSA) is 3.24 Å². The van der Waals surface area contributed by atoms with E-state index in [4.69, 9.17) is 0 Å². The van der Waals surface area contributed by atoms with E-state index in [1.807, 2.05) is 11.9 Å². The molecule has 0 aliphatic rings. The summed E-state index contributed by atoms with van der Waals surface area (Å²) in [5.74, 6) is 0.